The third kappa shape index (κ3) is 2.67. The number of hydrogen-bond donors (Lipinski definition) is 0. The average Bonchev–Trinajstić information content (AvgIpc) is 2.87. The molecule has 1 aromatic heterocycles. The van der Waals surface area contributed by atoms with Crippen LogP contribution in [0.1, 0.15) is 35.9 Å². The first kappa shape index (κ1) is 13.0. The van der Waals surface area contributed by atoms with Crippen LogP contribution in [-0.2, 0) is 11.2 Å². The van der Waals surface area contributed by atoms with Crippen molar-refractivity contribution in [2.75, 3.05) is 20.3 Å². The van der Waals surface area contributed by atoms with Gasteiger partial charge in [-0.05, 0) is 12.8 Å². The minimum atomic E-state index is 0.0113. The molecule has 1 aliphatic heterocycles. The summed E-state index contributed by atoms with van der Waals surface area (Å²) in [6.07, 6.45) is 6.07. The number of methoxy groups -OCH3 is 1. The lowest BCUT2D eigenvalue weighted by atomic mass is 10.2. The van der Waals surface area contributed by atoms with Gasteiger partial charge in [0.2, 0.25) is 0 Å². The fourth-order valence-electron chi connectivity index (χ4n) is 2.28. The van der Waals surface area contributed by atoms with E-state index in [-0.39, 0.29) is 11.9 Å². The van der Waals surface area contributed by atoms with Crippen molar-refractivity contribution in [2.24, 2.45) is 0 Å². The molecule has 1 saturated heterocycles. The highest BCUT2D eigenvalue weighted by molar-refractivity contribution is 5.94. The fourth-order valence-corrected chi connectivity index (χ4v) is 2.28. The molecule has 5 heteroatoms. The standard InChI is InChI=1S/C13H19N3O2/c1-3-12-14-7-10(8-15-12)13(17)16-6-4-5-11(16)9-18-2/h7-8,11H,3-6,9H2,1-2H3. The molecule has 1 amide bonds. The van der Waals surface area contributed by atoms with Gasteiger partial charge in [-0.25, -0.2) is 9.97 Å². The first-order valence-electron chi connectivity index (χ1n) is 6.37. The third-order valence-corrected chi connectivity index (χ3v) is 3.27. The van der Waals surface area contributed by atoms with Crippen LogP contribution in [0.2, 0.25) is 0 Å². The SMILES string of the molecule is CCc1ncc(C(=O)N2CCCC2COC)cn1. The van der Waals surface area contributed by atoms with Crippen molar-refractivity contribution in [1.29, 1.82) is 0 Å². The lowest BCUT2D eigenvalue weighted by molar-refractivity contribution is 0.0630. The highest BCUT2D eigenvalue weighted by Gasteiger charge is 2.29. The molecule has 1 aromatic rings. The van der Waals surface area contributed by atoms with E-state index in [1.54, 1.807) is 19.5 Å². The van der Waals surface area contributed by atoms with Crippen molar-refractivity contribution in [3.8, 4) is 0 Å². The Labute approximate surface area is 107 Å². The summed E-state index contributed by atoms with van der Waals surface area (Å²) in [6.45, 7) is 3.38. The first-order chi connectivity index (χ1) is 8.76. The van der Waals surface area contributed by atoms with Crippen LogP contribution >= 0.6 is 0 Å². The van der Waals surface area contributed by atoms with Crippen LogP contribution in [0.4, 0.5) is 0 Å². The van der Waals surface area contributed by atoms with Crippen molar-refractivity contribution < 1.29 is 9.53 Å². The molecule has 18 heavy (non-hydrogen) atoms. The molecule has 98 valence electrons. The van der Waals surface area contributed by atoms with Crippen molar-refractivity contribution in [1.82, 2.24) is 14.9 Å². The van der Waals surface area contributed by atoms with Gasteiger partial charge in [-0.1, -0.05) is 6.92 Å². The van der Waals surface area contributed by atoms with E-state index in [9.17, 15) is 4.79 Å². The maximum absolute atomic E-state index is 12.3. The summed E-state index contributed by atoms with van der Waals surface area (Å²) >= 11 is 0. The maximum atomic E-state index is 12.3. The van der Waals surface area contributed by atoms with Crippen LogP contribution < -0.4 is 0 Å². The van der Waals surface area contributed by atoms with Crippen LogP contribution in [0.15, 0.2) is 12.4 Å². The minimum absolute atomic E-state index is 0.0113. The van der Waals surface area contributed by atoms with E-state index in [0.717, 1.165) is 31.6 Å². The molecular formula is C13H19N3O2. The molecule has 5 nitrogen and oxygen atoms in total. The number of aromatic nitrogens is 2. The van der Waals surface area contributed by atoms with E-state index < -0.39 is 0 Å². The van der Waals surface area contributed by atoms with Crippen LogP contribution in [0.5, 0.6) is 0 Å². The summed E-state index contributed by atoms with van der Waals surface area (Å²) in [5.41, 5.74) is 0.565. The van der Waals surface area contributed by atoms with Crippen molar-refractivity contribution in [3.63, 3.8) is 0 Å². The molecule has 1 fully saturated rings. The highest BCUT2D eigenvalue weighted by atomic mass is 16.5. The third-order valence-electron chi connectivity index (χ3n) is 3.27. The van der Waals surface area contributed by atoms with Gasteiger partial charge in [-0.2, -0.15) is 0 Å². The molecule has 0 aliphatic carbocycles. The van der Waals surface area contributed by atoms with Crippen molar-refractivity contribution in [2.45, 2.75) is 32.2 Å². The van der Waals surface area contributed by atoms with Crippen LogP contribution in [0, 0.1) is 0 Å². The molecule has 1 atom stereocenters. The number of carbonyl (C=O) groups excluding carboxylic acids is 1. The van der Waals surface area contributed by atoms with E-state index >= 15 is 0 Å². The van der Waals surface area contributed by atoms with Gasteiger partial charge < -0.3 is 9.64 Å². The van der Waals surface area contributed by atoms with Crippen LogP contribution in [0.3, 0.4) is 0 Å². The lowest BCUT2D eigenvalue weighted by Crippen LogP contribution is -2.38. The summed E-state index contributed by atoms with van der Waals surface area (Å²) in [7, 11) is 1.67. The Morgan fingerprint density at radius 2 is 2.22 bits per heavy atom. The molecule has 0 N–H and O–H groups in total. The molecule has 2 heterocycles. The van der Waals surface area contributed by atoms with E-state index in [4.69, 9.17) is 4.74 Å². The Morgan fingerprint density at radius 3 is 2.83 bits per heavy atom. The molecule has 1 aliphatic rings. The Morgan fingerprint density at radius 1 is 1.50 bits per heavy atom. The lowest BCUT2D eigenvalue weighted by Gasteiger charge is -2.23. The second-order valence-corrected chi connectivity index (χ2v) is 4.49. The number of nitrogens with zero attached hydrogens (tertiary/aromatic N) is 3. The molecule has 0 bridgehead atoms. The van der Waals surface area contributed by atoms with E-state index in [1.165, 1.54) is 0 Å². The number of amides is 1. The van der Waals surface area contributed by atoms with E-state index in [2.05, 4.69) is 9.97 Å². The topological polar surface area (TPSA) is 55.3 Å². The Bertz CT molecular complexity index is 405. The Hall–Kier alpha value is -1.49. The number of ether oxygens (including phenoxy) is 1. The van der Waals surface area contributed by atoms with Crippen LogP contribution in [0.25, 0.3) is 0 Å². The van der Waals surface area contributed by atoms with Gasteiger partial charge in [0.1, 0.15) is 5.82 Å². The zero-order chi connectivity index (χ0) is 13.0. The van der Waals surface area contributed by atoms with Gasteiger partial charge in [-0.3, -0.25) is 4.79 Å². The largest absolute Gasteiger partial charge is 0.383 e. The van der Waals surface area contributed by atoms with Gasteiger partial charge in [0.25, 0.3) is 5.91 Å². The first-order valence-corrected chi connectivity index (χ1v) is 6.37. The van der Waals surface area contributed by atoms with E-state index in [0.29, 0.717) is 12.2 Å². The number of aryl methyl sites for hydroxylation is 1. The van der Waals surface area contributed by atoms with Crippen molar-refractivity contribution >= 4 is 5.91 Å². The maximum Gasteiger partial charge on any atom is 0.257 e. The number of rotatable bonds is 4. The summed E-state index contributed by atoms with van der Waals surface area (Å²) in [5.74, 6) is 0.776. The summed E-state index contributed by atoms with van der Waals surface area (Å²) in [5, 5.41) is 0. The molecular weight excluding hydrogens is 230 g/mol. The minimum Gasteiger partial charge on any atom is -0.383 e. The summed E-state index contributed by atoms with van der Waals surface area (Å²) in [4.78, 5) is 22.5. The smallest absolute Gasteiger partial charge is 0.257 e. The second-order valence-electron chi connectivity index (χ2n) is 4.49. The van der Waals surface area contributed by atoms with Crippen molar-refractivity contribution in [3.05, 3.63) is 23.8 Å². The van der Waals surface area contributed by atoms with Gasteiger partial charge >= 0.3 is 0 Å². The van der Waals surface area contributed by atoms with Gasteiger partial charge in [0, 0.05) is 32.5 Å². The highest BCUT2D eigenvalue weighted by Crippen LogP contribution is 2.19. The average molecular weight is 249 g/mol. The van der Waals surface area contributed by atoms with Crippen LogP contribution in [-0.4, -0.2) is 47.1 Å². The van der Waals surface area contributed by atoms with Gasteiger partial charge in [-0.15, -0.1) is 0 Å². The molecule has 0 radical (unpaired) electrons. The second kappa shape index (κ2) is 5.91. The number of hydrogen-bond acceptors (Lipinski definition) is 4. The van der Waals surface area contributed by atoms with Gasteiger partial charge in [0.05, 0.1) is 18.2 Å². The molecule has 1 unspecified atom stereocenters. The predicted octanol–water partition coefficient (Wildman–Crippen LogP) is 1.29. The molecule has 0 aromatic carbocycles. The molecule has 0 spiro atoms. The zero-order valence-corrected chi connectivity index (χ0v) is 10.9. The fraction of sp³-hybridized carbons (Fsp3) is 0.615. The number of likely N-dealkylation sites (tertiary alicyclic amines) is 1. The quantitative estimate of drug-likeness (QED) is 0.807. The summed E-state index contributed by atoms with van der Waals surface area (Å²) in [6, 6.07) is 0.188. The Balaban J connectivity index is 2.09. The molecule has 0 saturated carbocycles. The normalized spacial score (nSPS) is 19.2. The van der Waals surface area contributed by atoms with E-state index in [1.807, 2.05) is 11.8 Å². The predicted molar refractivity (Wildman–Crippen MR) is 67.3 cm³/mol. The Kier molecular flexibility index (Phi) is 4.25. The number of carbonyl (C=O) groups is 1. The molecule has 2 rings (SSSR count). The zero-order valence-electron chi connectivity index (χ0n) is 10.9. The van der Waals surface area contributed by atoms with Gasteiger partial charge in [0.15, 0.2) is 0 Å². The monoisotopic (exact) mass is 249 g/mol. The summed E-state index contributed by atoms with van der Waals surface area (Å²) < 4.78 is 5.15.